The topological polar surface area (TPSA) is 30.2 Å². The van der Waals surface area contributed by atoms with Crippen LogP contribution in [0.5, 0.6) is 0 Å². The van der Waals surface area contributed by atoms with E-state index in [-0.39, 0.29) is 5.63 Å². The first-order chi connectivity index (χ1) is 6.16. The summed E-state index contributed by atoms with van der Waals surface area (Å²) in [7, 11) is 0. The molecule has 0 saturated heterocycles. The molecule has 66 valence electrons. The van der Waals surface area contributed by atoms with Crippen LogP contribution in [0.1, 0.15) is 5.56 Å². The quantitative estimate of drug-likeness (QED) is 0.661. The molecule has 0 bridgehead atoms. The zero-order valence-corrected chi connectivity index (χ0v) is 8.59. The third-order valence-corrected chi connectivity index (χ3v) is 2.50. The second-order valence-electron chi connectivity index (χ2n) is 2.91. The van der Waals surface area contributed by atoms with Gasteiger partial charge >= 0.3 is 5.63 Å². The van der Waals surface area contributed by atoms with Crippen molar-refractivity contribution in [3.8, 4) is 0 Å². The summed E-state index contributed by atoms with van der Waals surface area (Å²) < 4.78 is 5.79. The van der Waals surface area contributed by atoms with Gasteiger partial charge in [0, 0.05) is 15.9 Å². The molecule has 0 fully saturated rings. The smallest absolute Gasteiger partial charge is 0.337 e. The molecule has 0 atom stereocenters. The molecule has 1 aromatic heterocycles. The van der Waals surface area contributed by atoms with Gasteiger partial charge in [-0.1, -0.05) is 11.6 Å². The second-order valence-corrected chi connectivity index (χ2v) is 3.77. The maximum atomic E-state index is 11.0. The monoisotopic (exact) mass is 238 g/mol. The van der Waals surface area contributed by atoms with E-state index in [1.807, 2.05) is 19.1 Å². The summed E-state index contributed by atoms with van der Waals surface area (Å²) in [5.41, 5.74) is 1.43. The van der Waals surface area contributed by atoms with E-state index >= 15 is 0 Å². The lowest BCUT2D eigenvalue weighted by atomic mass is 10.2. The molecule has 0 aliphatic rings. The predicted octanol–water partition coefficient (Wildman–Crippen LogP) is 2.86. The minimum atomic E-state index is -0.330. The standard InChI is InChI=1S/C10H7BrO2/c1-6-2-3-9-7(4-6)8(11)5-10(12)13-9/h2-5H,1H3. The fourth-order valence-corrected chi connectivity index (χ4v) is 1.74. The highest BCUT2D eigenvalue weighted by molar-refractivity contribution is 9.10. The molecule has 1 aromatic carbocycles. The summed E-state index contributed by atoms with van der Waals surface area (Å²) >= 11 is 3.32. The highest BCUT2D eigenvalue weighted by Crippen LogP contribution is 2.22. The van der Waals surface area contributed by atoms with Crippen LogP contribution in [0, 0.1) is 6.92 Å². The molecular formula is C10H7BrO2. The minimum absolute atomic E-state index is 0.330. The number of hydrogen-bond acceptors (Lipinski definition) is 2. The molecule has 1 heterocycles. The van der Waals surface area contributed by atoms with Gasteiger partial charge < -0.3 is 4.42 Å². The second kappa shape index (κ2) is 3.00. The lowest BCUT2D eigenvalue weighted by molar-refractivity contribution is 0.560. The van der Waals surface area contributed by atoms with Crippen molar-refractivity contribution in [1.82, 2.24) is 0 Å². The predicted molar refractivity (Wildman–Crippen MR) is 54.9 cm³/mol. The van der Waals surface area contributed by atoms with E-state index in [0.717, 1.165) is 15.4 Å². The number of fused-ring (bicyclic) bond motifs is 1. The van der Waals surface area contributed by atoms with Gasteiger partial charge in [0.05, 0.1) is 0 Å². The molecule has 0 aliphatic heterocycles. The maximum Gasteiger partial charge on any atom is 0.337 e. The van der Waals surface area contributed by atoms with E-state index < -0.39 is 0 Å². The van der Waals surface area contributed by atoms with E-state index in [1.165, 1.54) is 6.07 Å². The summed E-state index contributed by atoms with van der Waals surface area (Å²) in [5, 5.41) is 0.930. The van der Waals surface area contributed by atoms with Gasteiger partial charge in [-0.15, -0.1) is 0 Å². The molecular weight excluding hydrogens is 232 g/mol. The van der Waals surface area contributed by atoms with Gasteiger partial charge in [-0.2, -0.15) is 0 Å². The average Bonchev–Trinajstić information content (AvgIpc) is 2.06. The van der Waals surface area contributed by atoms with Gasteiger partial charge in [0.25, 0.3) is 0 Å². The Labute approximate surface area is 83.3 Å². The van der Waals surface area contributed by atoms with Crippen molar-refractivity contribution in [1.29, 1.82) is 0 Å². The van der Waals surface area contributed by atoms with E-state index in [0.29, 0.717) is 5.58 Å². The van der Waals surface area contributed by atoms with Gasteiger partial charge in [-0.25, -0.2) is 4.79 Å². The van der Waals surface area contributed by atoms with Gasteiger partial charge in [-0.3, -0.25) is 0 Å². The Balaban J connectivity index is 2.95. The molecule has 2 nitrogen and oxygen atoms in total. The average molecular weight is 239 g/mol. The summed E-state index contributed by atoms with van der Waals surface area (Å²) in [6.45, 7) is 2.00. The molecule has 0 spiro atoms. The Hall–Kier alpha value is -1.09. The zero-order chi connectivity index (χ0) is 9.42. The van der Waals surface area contributed by atoms with Crippen LogP contribution in [0.3, 0.4) is 0 Å². The number of halogens is 1. The van der Waals surface area contributed by atoms with Crippen molar-refractivity contribution < 1.29 is 4.42 Å². The number of rotatable bonds is 0. The molecule has 0 N–H and O–H groups in total. The van der Waals surface area contributed by atoms with Crippen molar-refractivity contribution in [2.75, 3.05) is 0 Å². The van der Waals surface area contributed by atoms with Crippen molar-refractivity contribution in [3.63, 3.8) is 0 Å². The van der Waals surface area contributed by atoms with Crippen molar-refractivity contribution in [2.45, 2.75) is 6.92 Å². The van der Waals surface area contributed by atoms with Gasteiger partial charge in [0.1, 0.15) is 5.58 Å². The number of benzene rings is 1. The van der Waals surface area contributed by atoms with Gasteiger partial charge in [0.2, 0.25) is 0 Å². The van der Waals surface area contributed by atoms with Crippen LogP contribution < -0.4 is 5.63 Å². The molecule has 0 amide bonds. The molecule has 0 aliphatic carbocycles. The lowest BCUT2D eigenvalue weighted by Crippen LogP contribution is -1.95. The van der Waals surface area contributed by atoms with Crippen LogP contribution in [0.25, 0.3) is 11.0 Å². The normalized spacial score (nSPS) is 10.6. The van der Waals surface area contributed by atoms with E-state index in [9.17, 15) is 4.79 Å². The lowest BCUT2D eigenvalue weighted by Gasteiger charge is -1.99. The van der Waals surface area contributed by atoms with E-state index in [1.54, 1.807) is 6.07 Å². The minimum Gasteiger partial charge on any atom is -0.423 e. The summed E-state index contributed by atoms with van der Waals surface area (Å²) in [5.74, 6) is 0. The Morgan fingerprint density at radius 3 is 2.85 bits per heavy atom. The first-order valence-electron chi connectivity index (χ1n) is 3.87. The summed E-state index contributed by atoms with van der Waals surface area (Å²) in [6.07, 6.45) is 0. The van der Waals surface area contributed by atoms with Crippen LogP contribution in [0.2, 0.25) is 0 Å². The molecule has 2 rings (SSSR count). The fraction of sp³-hybridized carbons (Fsp3) is 0.100. The van der Waals surface area contributed by atoms with E-state index in [2.05, 4.69) is 15.9 Å². The molecule has 0 radical (unpaired) electrons. The van der Waals surface area contributed by atoms with Crippen molar-refractivity contribution >= 4 is 26.9 Å². The SMILES string of the molecule is Cc1ccc2oc(=O)cc(Br)c2c1. The maximum absolute atomic E-state index is 11.0. The largest absolute Gasteiger partial charge is 0.423 e. The third-order valence-electron chi connectivity index (χ3n) is 1.85. The molecule has 0 saturated carbocycles. The molecule has 13 heavy (non-hydrogen) atoms. The Bertz CT molecular complexity index is 514. The highest BCUT2D eigenvalue weighted by atomic mass is 79.9. The van der Waals surface area contributed by atoms with Crippen LogP contribution in [0.15, 0.2) is 37.9 Å². The zero-order valence-electron chi connectivity index (χ0n) is 7.00. The van der Waals surface area contributed by atoms with Crippen LogP contribution >= 0.6 is 15.9 Å². The fourth-order valence-electron chi connectivity index (χ4n) is 1.24. The van der Waals surface area contributed by atoms with Gasteiger partial charge in [0.15, 0.2) is 0 Å². The van der Waals surface area contributed by atoms with E-state index in [4.69, 9.17) is 4.42 Å². The number of aryl methyl sites for hydroxylation is 1. The summed E-state index contributed by atoms with van der Waals surface area (Å²) in [4.78, 5) is 11.0. The summed E-state index contributed by atoms with van der Waals surface area (Å²) in [6, 6.07) is 7.12. The molecule has 2 aromatic rings. The molecule has 0 unspecified atom stereocenters. The highest BCUT2D eigenvalue weighted by Gasteiger charge is 2.02. The molecule has 3 heteroatoms. The first-order valence-corrected chi connectivity index (χ1v) is 4.66. The third kappa shape index (κ3) is 1.52. The number of hydrogen-bond donors (Lipinski definition) is 0. The van der Waals surface area contributed by atoms with Crippen LogP contribution in [-0.2, 0) is 0 Å². The first kappa shape index (κ1) is 8.51. The van der Waals surface area contributed by atoms with Crippen LogP contribution in [-0.4, -0.2) is 0 Å². The Morgan fingerprint density at radius 1 is 1.31 bits per heavy atom. The van der Waals surface area contributed by atoms with Crippen LogP contribution in [0.4, 0.5) is 0 Å². The van der Waals surface area contributed by atoms with Gasteiger partial charge in [-0.05, 0) is 35.0 Å². The Kier molecular flexibility index (Phi) is 1.96. The van der Waals surface area contributed by atoms with Crippen molar-refractivity contribution in [3.05, 3.63) is 44.7 Å². The Morgan fingerprint density at radius 2 is 2.08 bits per heavy atom. The van der Waals surface area contributed by atoms with Crippen molar-refractivity contribution in [2.24, 2.45) is 0 Å².